The van der Waals surface area contributed by atoms with Crippen LogP contribution in [-0.2, 0) is 0 Å². The lowest BCUT2D eigenvalue weighted by Crippen LogP contribution is -2.14. The molecule has 0 radical (unpaired) electrons. The van der Waals surface area contributed by atoms with Crippen molar-refractivity contribution in [3.05, 3.63) is 71.1 Å². The maximum atomic E-state index is 3.59. The van der Waals surface area contributed by atoms with E-state index >= 15 is 0 Å². The first kappa shape index (κ1) is 12.2. The summed E-state index contributed by atoms with van der Waals surface area (Å²) in [5.74, 6) is 0. The van der Waals surface area contributed by atoms with E-state index < -0.39 is 8.07 Å². The van der Waals surface area contributed by atoms with Crippen LogP contribution in [0.1, 0.15) is 11.1 Å². The Balaban J connectivity index is 2.30. The number of rotatable bonds is 1. The molecule has 0 heterocycles. The van der Waals surface area contributed by atoms with Gasteiger partial charge in [0, 0.05) is 5.57 Å². The third-order valence-electron chi connectivity index (χ3n) is 3.33. The Morgan fingerprint density at radius 3 is 1.58 bits per heavy atom. The highest BCUT2D eigenvalue weighted by atomic mass is 28.3. The molecule has 2 aromatic rings. The van der Waals surface area contributed by atoms with Crippen LogP contribution in [0.15, 0.2) is 60.0 Å². The SMILES string of the molecule is C[Si](C)(C)C=C=C1c2ccccc2-c2ccccc21. The Hall–Kier alpha value is -1.82. The first-order chi connectivity index (χ1) is 9.06. The predicted octanol–water partition coefficient (Wildman–Crippen LogP) is 5.13. The van der Waals surface area contributed by atoms with Crippen molar-refractivity contribution < 1.29 is 0 Å². The van der Waals surface area contributed by atoms with Crippen LogP contribution in [0.3, 0.4) is 0 Å². The average molecular weight is 262 g/mol. The van der Waals surface area contributed by atoms with Crippen LogP contribution >= 0.6 is 0 Å². The molecule has 0 saturated carbocycles. The summed E-state index contributed by atoms with van der Waals surface area (Å²) < 4.78 is 0. The molecule has 1 aliphatic carbocycles. The summed E-state index contributed by atoms with van der Waals surface area (Å²) in [7, 11) is -1.22. The van der Waals surface area contributed by atoms with E-state index in [-0.39, 0.29) is 0 Å². The zero-order valence-electron chi connectivity index (χ0n) is 11.7. The fourth-order valence-electron chi connectivity index (χ4n) is 2.46. The third-order valence-corrected chi connectivity index (χ3v) is 4.34. The van der Waals surface area contributed by atoms with Crippen molar-refractivity contribution in [2.24, 2.45) is 0 Å². The van der Waals surface area contributed by atoms with Gasteiger partial charge < -0.3 is 0 Å². The van der Waals surface area contributed by atoms with Gasteiger partial charge in [-0.2, -0.15) is 0 Å². The van der Waals surface area contributed by atoms with Gasteiger partial charge in [0.25, 0.3) is 0 Å². The molecule has 0 atom stereocenters. The standard InChI is InChI=1S/C18H18Si/c1-19(2,3)13-12-18-16-10-6-4-8-14(16)15-9-5-7-11-17(15)18/h4-11,13H,1-3H3. The molecular formula is C18H18Si. The molecule has 3 rings (SSSR count). The van der Waals surface area contributed by atoms with Crippen LogP contribution in [0.2, 0.25) is 19.6 Å². The lowest BCUT2D eigenvalue weighted by molar-refractivity contribution is 1.65. The summed E-state index contributed by atoms with van der Waals surface area (Å²) in [4.78, 5) is 0. The zero-order chi connectivity index (χ0) is 13.5. The third kappa shape index (κ3) is 2.23. The molecule has 0 N–H and O–H groups in total. The van der Waals surface area contributed by atoms with Crippen LogP contribution in [0, 0.1) is 0 Å². The van der Waals surface area contributed by atoms with E-state index in [0.29, 0.717) is 0 Å². The van der Waals surface area contributed by atoms with Gasteiger partial charge in [0.2, 0.25) is 0 Å². The van der Waals surface area contributed by atoms with E-state index in [1.807, 2.05) is 0 Å². The maximum absolute atomic E-state index is 3.59. The van der Waals surface area contributed by atoms with E-state index in [0.717, 1.165) is 0 Å². The lowest BCUT2D eigenvalue weighted by atomic mass is 10.1. The molecule has 1 aliphatic rings. The summed E-state index contributed by atoms with van der Waals surface area (Å²) in [5, 5.41) is 0. The predicted molar refractivity (Wildman–Crippen MR) is 85.8 cm³/mol. The fraction of sp³-hybridized carbons (Fsp3) is 0.167. The van der Waals surface area contributed by atoms with Crippen molar-refractivity contribution in [1.82, 2.24) is 0 Å². The highest BCUT2D eigenvalue weighted by Crippen LogP contribution is 2.43. The minimum Gasteiger partial charge on any atom is -0.120 e. The minimum absolute atomic E-state index is 1.22. The molecule has 0 aliphatic heterocycles. The van der Waals surface area contributed by atoms with E-state index in [1.54, 1.807) is 0 Å². The lowest BCUT2D eigenvalue weighted by Gasteiger charge is -2.06. The Morgan fingerprint density at radius 1 is 0.737 bits per heavy atom. The van der Waals surface area contributed by atoms with Crippen molar-refractivity contribution in [3.8, 4) is 11.1 Å². The van der Waals surface area contributed by atoms with Gasteiger partial charge in [-0.25, -0.2) is 0 Å². The normalized spacial score (nSPS) is 12.7. The summed E-state index contributed by atoms with van der Waals surface area (Å²) in [5.41, 5.74) is 12.5. The number of hydrogen-bond donors (Lipinski definition) is 0. The molecule has 0 bridgehead atoms. The van der Waals surface area contributed by atoms with Crippen LogP contribution in [0.5, 0.6) is 0 Å². The molecule has 94 valence electrons. The largest absolute Gasteiger partial charge is 0.120 e. The van der Waals surface area contributed by atoms with Crippen LogP contribution < -0.4 is 0 Å². The molecule has 0 amide bonds. The summed E-state index contributed by atoms with van der Waals surface area (Å²) in [6.07, 6.45) is 0. The first-order valence-electron chi connectivity index (χ1n) is 6.73. The molecule has 2 aromatic carbocycles. The van der Waals surface area contributed by atoms with Gasteiger partial charge in [0.1, 0.15) is 0 Å². The molecule has 0 nitrogen and oxygen atoms in total. The summed E-state index contributed by atoms with van der Waals surface area (Å²) >= 11 is 0. The number of fused-ring (bicyclic) bond motifs is 3. The monoisotopic (exact) mass is 262 g/mol. The van der Waals surface area contributed by atoms with Gasteiger partial charge in [-0.05, 0) is 22.3 Å². The van der Waals surface area contributed by atoms with E-state index in [9.17, 15) is 0 Å². The van der Waals surface area contributed by atoms with Crippen molar-refractivity contribution in [2.75, 3.05) is 0 Å². The van der Waals surface area contributed by atoms with Gasteiger partial charge in [0.15, 0.2) is 0 Å². The maximum Gasteiger partial charge on any atom is 0.0782 e. The van der Waals surface area contributed by atoms with Gasteiger partial charge in [-0.1, -0.05) is 73.9 Å². The Bertz CT molecular complexity index is 648. The number of benzene rings is 2. The van der Waals surface area contributed by atoms with Crippen molar-refractivity contribution in [1.29, 1.82) is 0 Å². The van der Waals surface area contributed by atoms with Crippen molar-refractivity contribution in [3.63, 3.8) is 0 Å². The summed E-state index contributed by atoms with van der Waals surface area (Å²) in [6.45, 7) is 7.02. The van der Waals surface area contributed by atoms with Crippen molar-refractivity contribution >= 4 is 13.6 Å². The smallest absolute Gasteiger partial charge is 0.0782 e. The molecule has 1 heteroatoms. The summed E-state index contributed by atoms with van der Waals surface area (Å²) in [6, 6.07) is 17.3. The molecule has 0 spiro atoms. The van der Waals surface area contributed by atoms with Crippen LogP contribution in [-0.4, -0.2) is 8.07 Å². The van der Waals surface area contributed by atoms with Crippen LogP contribution in [0.25, 0.3) is 16.7 Å². The highest BCUT2D eigenvalue weighted by Gasteiger charge is 2.22. The van der Waals surface area contributed by atoms with E-state index in [1.165, 1.54) is 27.8 Å². The van der Waals surface area contributed by atoms with Gasteiger partial charge in [-0.15, -0.1) is 5.73 Å². The topological polar surface area (TPSA) is 0 Å². The molecule has 0 fully saturated rings. The second kappa shape index (κ2) is 4.38. The van der Waals surface area contributed by atoms with Crippen molar-refractivity contribution in [2.45, 2.75) is 19.6 Å². The molecule has 0 aromatic heterocycles. The zero-order valence-corrected chi connectivity index (χ0v) is 12.7. The minimum atomic E-state index is -1.22. The van der Waals surface area contributed by atoms with Gasteiger partial charge in [0.05, 0.1) is 8.07 Å². The Kier molecular flexibility index (Phi) is 2.82. The quantitative estimate of drug-likeness (QED) is 0.421. The highest BCUT2D eigenvalue weighted by molar-refractivity contribution is 6.80. The molecular weight excluding hydrogens is 244 g/mol. The molecule has 0 saturated heterocycles. The van der Waals surface area contributed by atoms with E-state index in [2.05, 4.69) is 79.6 Å². The second-order valence-electron chi connectivity index (χ2n) is 6.12. The fourth-order valence-corrected chi connectivity index (χ4v) is 3.04. The van der Waals surface area contributed by atoms with Gasteiger partial charge in [-0.3, -0.25) is 0 Å². The number of hydrogen-bond acceptors (Lipinski definition) is 0. The first-order valence-corrected chi connectivity index (χ1v) is 10.3. The van der Waals surface area contributed by atoms with Crippen LogP contribution in [0.4, 0.5) is 0 Å². The Morgan fingerprint density at radius 2 is 1.16 bits per heavy atom. The van der Waals surface area contributed by atoms with Gasteiger partial charge >= 0.3 is 0 Å². The molecule has 0 unspecified atom stereocenters. The average Bonchev–Trinajstić information content (AvgIpc) is 2.70. The van der Waals surface area contributed by atoms with E-state index in [4.69, 9.17) is 0 Å². The Labute approximate surface area is 116 Å². The second-order valence-corrected chi connectivity index (χ2v) is 11.1. The molecule has 19 heavy (non-hydrogen) atoms.